The van der Waals surface area contributed by atoms with Crippen LogP contribution in [0, 0.1) is 11.3 Å². The molecule has 2 nitrogen and oxygen atoms in total. The molecule has 1 unspecified atom stereocenters. The van der Waals surface area contributed by atoms with Crippen LogP contribution in [0.15, 0.2) is 0 Å². The molecule has 0 aromatic heterocycles. The van der Waals surface area contributed by atoms with E-state index in [-0.39, 0.29) is 11.3 Å². The van der Waals surface area contributed by atoms with Gasteiger partial charge in [0.1, 0.15) is 0 Å². The Balaban J connectivity index is 2.60. The standard InChI is InChI=1S/C11H21NO/c1-5-7-12-8-6-9(10(12)13)11(2,3)4/h9H,5-8H2,1-4H3. The summed E-state index contributed by atoms with van der Waals surface area (Å²) in [6.07, 6.45) is 2.12. The van der Waals surface area contributed by atoms with E-state index in [4.69, 9.17) is 0 Å². The third kappa shape index (κ3) is 2.23. The molecule has 0 aromatic carbocycles. The highest BCUT2D eigenvalue weighted by Gasteiger charge is 2.38. The van der Waals surface area contributed by atoms with Crippen LogP contribution in [0.3, 0.4) is 0 Å². The highest BCUT2D eigenvalue weighted by atomic mass is 16.2. The molecule has 0 spiro atoms. The SMILES string of the molecule is CCCN1CCC(C(C)(C)C)C1=O. The Kier molecular flexibility index (Phi) is 2.99. The summed E-state index contributed by atoms with van der Waals surface area (Å²) in [5.74, 6) is 0.619. The molecule has 2 heteroatoms. The second kappa shape index (κ2) is 3.69. The Morgan fingerprint density at radius 3 is 2.46 bits per heavy atom. The Labute approximate surface area is 81.3 Å². The molecular formula is C11H21NO. The molecule has 1 saturated heterocycles. The maximum atomic E-state index is 11.9. The number of hydrogen-bond acceptors (Lipinski definition) is 1. The van der Waals surface area contributed by atoms with Crippen LogP contribution in [0.4, 0.5) is 0 Å². The van der Waals surface area contributed by atoms with Gasteiger partial charge >= 0.3 is 0 Å². The van der Waals surface area contributed by atoms with E-state index in [9.17, 15) is 4.79 Å². The highest BCUT2D eigenvalue weighted by Crippen LogP contribution is 2.34. The van der Waals surface area contributed by atoms with Crippen molar-refractivity contribution in [1.82, 2.24) is 4.90 Å². The molecule has 1 fully saturated rings. The number of amides is 1. The van der Waals surface area contributed by atoms with Crippen molar-refractivity contribution in [2.24, 2.45) is 11.3 Å². The zero-order valence-electron chi connectivity index (χ0n) is 9.26. The summed E-state index contributed by atoms with van der Waals surface area (Å²) in [5.41, 5.74) is 0.138. The lowest BCUT2D eigenvalue weighted by molar-refractivity contribution is -0.133. The maximum absolute atomic E-state index is 11.9. The first kappa shape index (κ1) is 10.6. The van der Waals surface area contributed by atoms with Gasteiger partial charge in [0.15, 0.2) is 0 Å². The van der Waals surface area contributed by atoms with Gasteiger partial charge < -0.3 is 4.90 Å². The lowest BCUT2D eigenvalue weighted by Crippen LogP contribution is -2.32. The van der Waals surface area contributed by atoms with Gasteiger partial charge in [-0.15, -0.1) is 0 Å². The first-order valence-electron chi connectivity index (χ1n) is 5.25. The van der Waals surface area contributed by atoms with Crippen LogP contribution in [0.2, 0.25) is 0 Å². The van der Waals surface area contributed by atoms with Crippen molar-refractivity contribution in [2.75, 3.05) is 13.1 Å². The van der Waals surface area contributed by atoms with Crippen molar-refractivity contribution in [3.05, 3.63) is 0 Å². The molecule has 0 bridgehead atoms. The Morgan fingerprint density at radius 1 is 1.46 bits per heavy atom. The molecule has 0 saturated carbocycles. The molecule has 13 heavy (non-hydrogen) atoms. The summed E-state index contributed by atoms with van der Waals surface area (Å²) in [6.45, 7) is 10.5. The molecule has 0 radical (unpaired) electrons. The van der Waals surface area contributed by atoms with Crippen LogP contribution < -0.4 is 0 Å². The lowest BCUT2D eigenvalue weighted by Gasteiger charge is -2.25. The summed E-state index contributed by atoms with van der Waals surface area (Å²) >= 11 is 0. The molecule has 1 atom stereocenters. The fourth-order valence-electron chi connectivity index (χ4n) is 2.03. The van der Waals surface area contributed by atoms with E-state index in [2.05, 4.69) is 27.7 Å². The van der Waals surface area contributed by atoms with Crippen molar-refractivity contribution < 1.29 is 4.79 Å². The fourth-order valence-corrected chi connectivity index (χ4v) is 2.03. The van der Waals surface area contributed by atoms with Gasteiger partial charge in [0, 0.05) is 19.0 Å². The molecule has 1 amide bonds. The molecule has 0 N–H and O–H groups in total. The number of rotatable bonds is 2. The average molecular weight is 183 g/mol. The molecule has 0 aromatic rings. The van der Waals surface area contributed by atoms with Crippen LogP contribution in [-0.4, -0.2) is 23.9 Å². The predicted octanol–water partition coefficient (Wildman–Crippen LogP) is 2.29. The molecule has 1 aliphatic heterocycles. The summed E-state index contributed by atoms with van der Waals surface area (Å²) in [6, 6.07) is 0. The normalized spacial score (nSPS) is 24.2. The monoisotopic (exact) mass is 183 g/mol. The van der Waals surface area contributed by atoms with E-state index < -0.39 is 0 Å². The Morgan fingerprint density at radius 2 is 2.08 bits per heavy atom. The van der Waals surface area contributed by atoms with Crippen LogP contribution in [0.25, 0.3) is 0 Å². The van der Waals surface area contributed by atoms with Gasteiger partial charge in [0.05, 0.1) is 0 Å². The number of nitrogens with zero attached hydrogens (tertiary/aromatic N) is 1. The largest absolute Gasteiger partial charge is 0.342 e. The zero-order valence-corrected chi connectivity index (χ0v) is 9.26. The molecular weight excluding hydrogens is 162 g/mol. The Bertz CT molecular complexity index is 193. The fraction of sp³-hybridized carbons (Fsp3) is 0.909. The van der Waals surface area contributed by atoms with Crippen LogP contribution in [0.1, 0.15) is 40.5 Å². The van der Waals surface area contributed by atoms with Gasteiger partial charge in [0.25, 0.3) is 0 Å². The van der Waals surface area contributed by atoms with Gasteiger partial charge in [-0.1, -0.05) is 27.7 Å². The van der Waals surface area contributed by atoms with Crippen molar-refractivity contribution >= 4 is 5.91 Å². The van der Waals surface area contributed by atoms with Gasteiger partial charge in [-0.05, 0) is 18.3 Å². The van der Waals surface area contributed by atoms with Crippen molar-refractivity contribution in [3.8, 4) is 0 Å². The number of carbonyl (C=O) groups excluding carboxylic acids is 1. The molecule has 1 heterocycles. The molecule has 1 rings (SSSR count). The van der Waals surface area contributed by atoms with E-state index in [1.807, 2.05) is 4.90 Å². The predicted molar refractivity (Wildman–Crippen MR) is 54.4 cm³/mol. The minimum Gasteiger partial charge on any atom is -0.342 e. The van der Waals surface area contributed by atoms with Gasteiger partial charge in [-0.2, -0.15) is 0 Å². The second-order valence-corrected chi connectivity index (χ2v) is 5.03. The summed E-state index contributed by atoms with van der Waals surface area (Å²) in [5, 5.41) is 0. The van der Waals surface area contributed by atoms with E-state index in [0.29, 0.717) is 5.91 Å². The summed E-state index contributed by atoms with van der Waals surface area (Å²) < 4.78 is 0. The van der Waals surface area contributed by atoms with Crippen molar-refractivity contribution in [1.29, 1.82) is 0 Å². The Hall–Kier alpha value is -0.530. The van der Waals surface area contributed by atoms with Gasteiger partial charge in [-0.25, -0.2) is 0 Å². The number of likely N-dealkylation sites (tertiary alicyclic amines) is 1. The molecule has 76 valence electrons. The lowest BCUT2D eigenvalue weighted by atomic mass is 9.80. The van der Waals surface area contributed by atoms with Gasteiger partial charge in [0.2, 0.25) is 5.91 Å². The maximum Gasteiger partial charge on any atom is 0.226 e. The number of carbonyl (C=O) groups is 1. The molecule has 0 aliphatic carbocycles. The van der Waals surface area contributed by atoms with E-state index in [0.717, 1.165) is 25.9 Å². The second-order valence-electron chi connectivity index (χ2n) is 5.03. The third-order valence-electron chi connectivity index (χ3n) is 2.84. The average Bonchev–Trinajstić information content (AvgIpc) is 2.32. The van der Waals surface area contributed by atoms with Crippen molar-refractivity contribution in [2.45, 2.75) is 40.5 Å². The van der Waals surface area contributed by atoms with Crippen LogP contribution >= 0.6 is 0 Å². The topological polar surface area (TPSA) is 20.3 Å². The van der Waals surface area contributed by atoms with Gasteiger partial charge in [-0.3, -0.25) is 4.79 Å². The van der Waals surface area contributed by atoms with Crippen LogP contribution in [-0.2, 0) is 4.79 Å². The third-order valence-corrected chi connectivity index (χ3v) is 2.84. The van der Waals surface area contributed by atoms with Crippen molar-refractivity contribution in [3.63, 3.8) is 0 Å². The number of hydrogen-bond donors (Lipinski definition) is 0. The minimum atomic E-state index is 0.138. The first-order chi connectivity index (χ1) is 5.96. The summed E-state index contributed by atoms with van der Waals surface area (Å²) in [4.78, 5) is 13.9. The quantitative estimate of drug-likeness (QED) is 0.643. The first-order valence-corrected chi connectivity index (χ1v) is 5.25. The van der Waals surface area contributed by atoms with E-state index in [1.165, 1.54) is 0 Å². The highest BCUT2D eigenvalue weighted by molar-refractivity contribution is 5.81. The summed E-state index contributed by atoms with van der Waals surface area (Å²) in [7, 11) is 0. The van der Waals surface area contributed by atoms with E-state index in [1.54, 1.807) is 0 Å². The van der Waals surface area contributed by atoms with Crippen LogP contribution in [0.5, 0.6) is 0 Å². The minimum absolute atomic E-state index is 0.138. The van der Waals surface area contributed by atoms with E-state index >= 15 is 0 Å². The zero-order chi connectivity index (χ0) is 10.1. The smallest absolute Gasteiger partial charge is 0.226 e. The molecule has 1 aliphatic rings.